The lowest BCUT2D eigenvalue weighted by molar-refractivity contribution is -0.141. The zero-order valence-electron chi connectivity index (χ0n) is 16.8. The molecule has 5 rings (SSSR count). The van der Waals surface area contributed by atoms with Gasteiger partial charge in [-0.1, -0.05) is 47.1 Å². The van der Waals surface area contributed by atoms with Crippen molar-refractivity contribution in [3.8, 4) is 11.5 Å². The molecule has 30 heavy (non-hydrogen) atoms. The van der Waals surface area contributed by atoms with E-state index in [-0.39, 0.29) is 17.4 Å². The van der Waals surface area contributed by atoms with Crippen molar-refractivity contribution in [1.29, 1.82) is 0 Å². The molecule has 2 aliphatic heterocycles. The van der Waals surface area contributed by atoms with E-state index in [1.807, 2.05) is 59.5 Å². The second kappa shape index (κ2) is 7.52. The lowest BCUT2D eigenvalue weighted by atomic mass is 9.77. The molecule has 2 aromatic carbocycles. The Morgan fingerprint density at radius 2 is 1.87 bits per heavy atom. The van der Waals surface area contributed by atoms with Crippen LogP contribution in [0.4, 0.5) is 0 Å². The molecule has 2 fully saturated rings. The SMILES string of the molecule is CN1CC2(CC1c1noc(-c3ccccc3)n1)CN(C(=O)Cc1ccc(Cl)cc1)C2. The molecule has 2 saturated heterocycles. The van der Waals surface area contributed by atoms with Crippen LogP contribution in [0, 0.1) is 5.41 Å². The normalized spacial score (nSPS) is 20.5. The number of rotatable bonds is 4. The van der Waals surface area contributed by atoms with Gasteiger partial charge in [0.25, 0.3) is 5.89 Å². The maximum atomic E-state index is 12.7. The molecule has 0 bridgehead atoms. The Balaban J connectivity index is 1.22. The Labute approximate surface area is 180 Å². The lowest BCUT2D eigenvalue weighted by Crippen LogP contribution is -2.59. The number of amides is 1. The number of benzene rings is 2. The molecular formula is C23H23ClN4O2. The first-order valence-corrected chi connectivity index (χ1v) is 10.5. The van der Waals surface area contributed by atoms with Crippen LogP contribution < -0.4 is 0 Å². The standard InChI is InChI=1S/C23H23ClN4O2/c1-27-13-23(14-28(15-23)20(29)11-16-7-9-18(24)10-8-16)12-19(27)21-25-22(30-26-21)17-5-3-2-4-6-17/h2-10,19H,11-15H2,1H3. The molecule has 1 unspecified atom stereocenters. The van der Waals surface area contributed by atoms with Crippen LogP contribution in [0.5, 0.6) is 0 Å². The van der Waals surface area contributed by atoms with Gasteiger partial charge in [-0.15, -0.1) is 0 Å². The molecular weight excluding hydrogens is 400 g/mol. The number of aromatic nitrogens is 2. The summed E-state index contributed by atoms with van der Waals surface area (Å²) in [5.74, 6) is 1.44. The molecule has 3 heterocycles. The highest BCUT2D eigenvalue weighted by Gasteiger charge is 2.52. The lowest BCUT2D eigenvalue weighted by Gasteiger charge is -2.48. The predicted molar refractivity (Wildman–Crippen MR) is 114 cm³/mol. The first kappa shape index (κ1) is 19.3. The summed E-state index contributed by atoms with van der Waals surface area (Å²) in [6, 6.07) is 17.4. The Hall–Kier alpha value is -2.70. The van der Waals surface area contributed by atoms with Gasteiger partial charge in [0.05, 0.1) is 12.5 Å². The van der Waals surface area contributed by atoms with Crippen molar-refractivity contribution in [2.75, 3.05) is 26.7 Å². The van der Waals surface area contributed by atoms with Crippen molar-refractivity contribution in [2.24, 2.45) is 5.41 Å². The number of likely N-dealkylation sites (tertiary alicyclic amines) is 2. The van der Waals surface area contributed by atoms with Crippen molar-refractivity contribution < 1.29 is 9.32 Å². The van der Waals surface area contributed by atoms with Gasteiger partial charge in [0, 0.05) is 35.6 Å². The summed E-state index contributed by atoms with van der Waals surface area (Å²) in [5.41, 5.74) is 2.03. The summed E-state index contributed by atoms with van der Waals surface area (Å²) in [6.45, 7) is 2.49. The van der Waals surface area contributed by atoms with Crippen molar-refractivity contribution in [3.05, 3.63) is 71.0 Å². The molecule has 1 amide bonds. The molecule has 3 aromatic rings. The van der Waals surface area contributed by atoms with Crippen LogP contribution in [0.3, 0.4) is 0 Å². The maximum Gasteiger partial charge on any atom is 0.257 e. The van der Waals surface area contributed by atoms with E-state index in [0.29, 0.717) is 17.3 Å². The molecule has 154 valence electrons. The third-order valence-electron chi connectivity index (χ3n) is 6.18. The summed E-state index contributed by atoms with van der Waals surface area (Å²) >= 11 is 5.93. The van der Waals surface area contributed by atoms with Gasteiger partial charge in [-0.05, 0) is 43.3 Å². The molecule has 2 aliphatic rings. The topological polar surface area (TPSA) is 62.5 Å². The quantitative estimate of drug-likeness (QED) is 0.639. The average Bonchev–Trinajstić information content (AvgIpc) is 3.34. The highest BCUT2D eigenvalue weighted by molar-refractivity contribution is 6.30. The van der Waals surface area contributed by atoms with Crippen molar-refractivity contribution in [1.82, 2.24) is 19.9 Å². The van der Waals surface area contributed by atoms with Gasteiger partial charge in [0.15, 0.2) is 5.82 Å². The summed E-state index contributed by atoms with van der Waals surface area (Å²) in [5, 5.41) is 4.93. The average molecular weight is 423 g/mol. The summed E-state index contributed by atoms with van der Waals surface area (Å²) in [6.07, 6.45) is 1.35. The molecule has 1 aromatic heterocycles. The van der Waals surface area contributed by atoms with Gasteiger partial charge in [-0.25, -0.2) is 0 Å². The molecule has 6 nitrogen and oxygen atoms in total. The summed E-state index contributed by atoms with van der Waals surface area (Å²) < 4.78 is 5.50. The zero-order chi connectivity index (χ0) is 20.7. The molecule has 0 saturated carbocycles. The minimum atomic E-state index is 0.111. The molecule has 0 aliphatic carbocycles. The third-order valence-corrected chi connectivity index (χ3v) is 6.43. The molecule has 1 spiro atoms. The van der Waals surface area contributed by atoms with Gasteiger partial charge >= 0.3 is 0 Å². The van der Waals surface area contributed by atoms with E-state index in [1.54, 1.807) is 0 Å². The second-order valence-corrected chi connectivity index (χ2v) is 8.95. The Bertz CT molecular complexity index is 1040. The van der Waals surface area contributed by atoms with Crippen LogP contribution in [0.15, 0.2) is 59.1 Å². The van der Waals surface area contributed by atoms with Crippen molar-refractivity contribution in [3.63, 3.8) is 0 Å². The fourth-order valence-electron chi connectivity index (χ4n) is 4.68. The Morgan fingerprint density at radius 1 is 1.13 bits per heavy atom. The van der Waals surface area contributed by atoms with Crippen LogP contribution in [-0.2, 0) is 11.2 Å². The van der Waals surface area contributed by atoms with Gasteiger partial charge in [0.2, 0.25) is 5.91 Å². The number of halogens is 1. The van der Waals surface area contributed by atoms with Crippen LogP contribution in [0.25, 0.3) is 11.5 Å². The van der Waals surface area contributed by atoms with Crippen LogP contribution in [0.2, 0.25) is 5.02 Å². The van der Waals surface area contributed by atoms with E-state index in [2.05, 4.69) is 22.1 Å². The number of carbonyl (C=O) groups is 1. The number of nitrogens with zero attached hydrogens (tertiary/aromatic N) is 4. The largest absolute Gasteiger partial charge is 0.341 e. The number of carbonyl (C=O) groups excluding carboxylic acids is 1. The van der Waals surface area contributed by atoms with E-state index in [4.69, 9.17) is 16.1 Å². The van der Waals surface area contributed by atoms with E-state index in [1.165, 1.54) is 0 Å². The fourth-order valence-corrected chi connectivity index (χ4v) is 4.81. The van der Waals surface area contributed by atoms with Gasteiger partial charge < -0.3 is 9.42 Å². The maximum absolute atomic E-state index is 12.7. The monoisotopic (exact) mass is 422 g/mol. The molecule has 7 heteroatoms. The highest BCUT2D eigenvalue weighted by Crippen LogP contribution is 2.47. The predicted octanol–water partition coefficient (Wildman–Crippen LogP) is 3.84. The molecule has 0 N–H and O–H groups in total. The second-order valence-electron chi connectivity index (χ2n) is 8.51. The number of hydrogen-bond donors (Lipinski definition) is 0. The van der Waals surface area contributed by atoms with Gasteiger partial charge in [-0.2, -0.15) is 4.98 Å². The van der Waals surface area contributed by atoms with Crippen molar-refractivity contribution >= 4 is 17.5 Å². The fraction of sp³-hybridized carbons (Fsp3) is 0.348. The minimum Gasteiger partial charge on any atom is -0.341 e. The van der Waals surface area contributed by atoms with E-state index >= 15 is 0 Å². The van der Waals surface area contributed by atoms with Gasteiger partial charge in [-0.3, -0.25) is 9.69 Å². The zero-order valence-corrected chi connectivity index (χ0v) is 17.5. The van der Waals surface area contributed by atoms with Crippen molar-refractivity contribution in [2.45, 2.75) is 18.9 Å². The first-order valence-electron chi connectivity index (χ1n) is 10.1. The van der Waals surface area contributed by atoms with Crippen LogP contribution in [-0.4, -0.2) is 52.5 Å². The number of hydrogen-bond acceptors (Lipinski definition) is 5. The van der Waals surface area contributed by atoms with E-state index < -0.39 is 0 Å². The summed E-state index contributed by atoms with van der Waals surface area (Å²) in [7, 11) is 2.09. The third kappa shape index (κ3) is 3.61. The smallest absolute Gasteiger partial charge is 0.257 e. The van der Waals surface area contributed by atoms with Crippen LogP contribution in [0.1, 0.15) is 23.9 Å². The van der Waals surface area contributed by atoms with E-state index in [9.17, 15) is 4.79 Å². The molecule has 0 radical (unpaired) electrons. The minimum absolute atomic E-state index is 0.111. The Kier molecular flexibility index (Phi) is 4.83. The summed E-state index contributed by atoms with van der Waals surface area (Å²) in [4.78, 5) is 21.5. The molecule has 1 atom stereocenters. The highest BCUT2D eigenvalue weighted by atomic mass is 35.5. The van der Waals surface area contributed by atoms with E-state index in [0.717, 1.165) is 43.0 Å². The van der Waals surface area contributed by atoms with Gasteiger partial charge in [0.1, 0.15) is 0 Å². The van der Waals surface area contributed by atoms with Crippen LogP contribution >= 0.6 is 11.6 Å². The first-order chi connectivity index (χ1) is 14.5. The Morgan fingerprint density at radius 3 is 2.60 bits per heavy atom.